The molecule has 27 heavy (non-hydrogen) atoms. The fraction of sp³-hybridized carbons (Fsp3) is 0.190. The highest BCUT2D eigenvalue weighted by molar-refractivity contribution is 8.18. The maximum atomic E-state index is 12.9. The molecular formula is C21H20N4OS. The SMILES string of the molecule is CCN1C(=O)/C(=C/c2cn(C)c3ccccc23)S/C1=N/c1cccc(C)n1. The van der Waals surface area contributed by atoms with Crippen molar-refractivity contribution in [2.24, 2.45) is 12.0 Å². The van der Waals surface area contributed by atoms with E-state index in [1.54, 1.807) is 4.90 Å². The molecule has 1 fully saturated rings. The van der Waals surface area contributed by atoms with Crippen LogP contribution < -0.4 is 0 Å². The highest BCUT2D eigenvalue weighted by Gasteiger charge is 2.32. The van der Waals surface area contributed by atoms with Crippen LogP contribution in [0.25, 0.3) is 17.0 Å². The predicted molar refractivity (Wildman–Crippen MR) is 112 cm³/mol. The zero-order valence-corrected chi connectivity index (χ0v) is 16.3. The minimum absolute atomic E-state index is 0.0122. The Balaban J connectivity index is 1.74. The van der Waals surface area contributed by atoms with E-state index in [9.17, 15) is 4.79 Å². The molecule has 1 aliphatic heterocycles. The molecule has 1 amide bonds. The van der Waals surface area contributed by atoms with Crippen molar-refractivity contribution in [1.29, 1.82) is 0 Å². The lowest BCUT2D eigenvalue weighted by atomic mass is 10.1. The highest BCUT2D eigenvalue weighted by Crippen LogP contribution is 2.35. The van der Waals surface area contributed by atoms with E-state index in [-0.39, 0.29) is 5.91 Å². The molecule has 4 rings (SSSR count). The number of rotatable bonds is 3. The van der Waals surface area contributed by atoms with Crippen molar-refractivity contribution < 1.29 is 4.79 Å². The van der Waals surface area contributed by atoms with Gasteiger partial charge in [-0.05, 0) is 49.9 Å². The molecule has 1 saturated heterocycles. The fourth-order valence-corrected chi connectivity index (χ4v) is 4.23. The Morgan fingerprint density at radius 1 is 1.19 bits per heavy atom. The van der Waals surface area contributed by atoms with Crippen molar-refractivity contribution in [2.75, 3.05) is 6.54 Å². The Morgan fingerprint density at radius 3 is 2.78 bits per heavy atom. The lowest BCUT2D eigenvalue weighted by Crippen LogP contribution is -2.28. The number of nitrogens with zero attached hydrogens (tertiary/aromatic N) is 4. The maximum Gasteiger partial charge on any atom is 0.266 e. The maximum absolute atomic E-state index is 12.9. The number of likely N-dealkylation sites (N-methyl/N-ethyl adjacent to an activating group) is 1. The molecule has 3 aromatic rings. The van der Waals surface area contributed by atoms with Gasteiger partial charge in [-0.15, -0.1) is 0 Å². The molecular weight excluding hydrogens is 356 g/mol. The Morgan fingerprint density at radius 2 is 2.00 bits per heavy atom. The molecule has 5 nitrogen and oxygen atoms in total. The fourth-order valence-electron chi connectivity index (χ4n) is 3.19. The van der Waals surface area contributed by atoms with Gasteiger partial charge in [0.25, 0.3) is 5.91 Å². The zero-order valence-electron chi connectivity index (χ0n) is 15.5. The molecule has 0 atom stereocenters. The van der Waals surface area contributed by atoms with Crippen LogP contribution in [-0.2, 0) is 11.8 Å². The smallest absolute Gasteiger partial charge is 0.266 e. The molecule has 0 saturated carbocycles. The van der Waals surface area contributed by atoms with Gasteiger partial charge in [-0.1, -0.05) is 24.3 Å². The van der Waals surface area contributed by atoms with Gasteiger partial charge in [0.2, 0.25) is 0 Å². The number of amides is 1. The molecule has 136 valence electrons. The molecule has 0 N–H and O–H groups in total. The van der Waals surface area contributed by atoms with Gasteiger partial charge in [0.1, 0.15) is 0 Å². The van der Waals surface area contributed by atoms with Crippen LogP contribution in [0.2, 0.25) is 0 Å². The second-order valence-corrected chi connectivity index (χ2v) is 7.41. The molecule has 0 aliphatic carbocycles. The lowest BCUT2D eigenvalue weighted by Gasteiger charge is -2.11. The number of aliphatic imine (C=N–C) groups is 1. The molecule has 1 aromatic carbocycles. The first-order chi connectivity index (χ1) is 13.1. The van der Waals surface area contributed by atoms with Gasteiger partial charge in [0, 0.05) is 41.9 Å². The molecule has 0 radical (unpaired) electrons. The number of carbonyl (C=O) groups is 1. The summed E-state index contributed by atoms with van der Waals surface area (Å²) in [6.45, 7) is 4.46. The van der Waals surface area contributed by atoms with Crippen LogP contribution in [0.3, 0.4) is 0 Å². The summed E-state index contributed by atoms with van der Waals surface area (Å²) in [5.74, 6) is 0.608. The van der Waals surface area contributed by atoms with E-state index in [0.717, 1.165) is 22.2 Å². The van der Waals surface area contributed by atoms with Crippen molar-refractivity contribution in [1.82, 2.24) is 14.5 Å². The van der Waals surface area contributed by atoms with Gasteiger partial charge >= 0.3 is 0 Å². The Hall–Kier alpha value is -2.86. The summed E-state index contributed by atoms with van der Waals surface area (Å²) in [6, 6.07) is 13.9. The number of thioether (sulfide) groups is 1. The van der Waals surface area contributed by atoms with Gasteiger partial charge in [0.05, 0.1) is 4.91 Å². The van der Waals surface area contributed by atoms with Gasteiger partial charge in [0.15, 0.2) is 11.0 Å². The summed E-state index contributed by atoms with van der Waals surface area (Å²) >= 11 is 1.40. The van der Waals surface area contributed by atoms with E-state index in [0.29, 0.717) is 22.4 Å². The van der Waals surface area contributed by atoms with Gasteiger partial charge in [-0.25, -0.2) is 9.98 Å². The number of fused-ring (bicyclic) bond motifs is 1. The summed E-state index contributed by atoms with van der Waals surface area (Å²) in [4.78, 5) is 24.3. The monoisotopic (exact) mass is 376 g/mol. The molecule has 1 aliphatic rings. The van der Waals surface area contributed by atoms with Crippen LogP contribution >= 0.6 is 11.8 Å². The number of carbonyl (C=O) groups excluding carboxylic acids is 1. The number of pyridine rings is 1. The third-order valence-electron chi connectivity index (χ3n) is 4.50. The largest absolute Gasteiger partial charge is 0.350 e. The Labute approximate surface area is 162 Å². The number of benzene rings is 1. The van der Waals surface area contributed by atoms with E-state index in [2.05, 4.69) is 32.9 Å². The van der Waals surface area contributed by atoms with Gasteiger partial charge < -0.3 is 4.57 Å². The van der Waals surface area contributed by atoms with Crippen LogP contribution in [-0.4, -0.2) is 32.1 Å². The normalized spacial score (nSPS) is 17.6. The first kappa shape index (κ1) is 17.5. The van der Waals surface area contributed by atoms with Crippen molar-refractivity contribution in [3.63, 3.8) is 0 Å². The second-order valence-electron chi connectivity index (χ2n) is 6.40. The summed E-state index contributed by atoms with van der Waals surface area (Å²) in [6.07, 6.45) is 4.02. The number of amidine groups is 1. The van der Waals surface area contributed by atoms with E-state index in [4.69, 9.17) is 0 Å². The number of aryl methyl sites for hydroxylation is 2. The van der Waals surface area contributed by atoms with Crippen molar-refractivity contribution >= 4 is 45.6 Å². The Kier molecular flexibility index (Phi) is 4.58. The topological polar surface area (TPSA) is 50.5 Å². The summed E-state index contributed by atoms with van der Waals surface area (Å²) in [5, 5.41) is 1.81. The second kappa shape index (κ2) is 7.04. The van der Waals surface area contributed by atoms with Crippen LogP contribution in [0.15, 0.2) is 58.6 Å². The van der Waals surface area contributed by atoms with E-state index >= 15 is 0 Å². The summed E-state index contributed by atoms with van der Waals surface area (Å²) < 4.78 is 2.08. The van der Waals surface area contributed by atoms with Crippen LogP contribution in [0, 0.1) is 6.92 Å². The van der Waals surface area contributed by atoms with Crippen molar-refractivity contribution in [3.8, 4) is 0 Å². The van der Waals surface area contributed by atoms with Crippen LogP contribution in [0.5, 0.6) is 0 Å². The zero-order chi connectivity index (χ0) is 19.0. The van der Waals surface area contributed by atoms with Crippen LogP contribution in [0.4, 0.5) is 5.82 Å². The van der Waals surface area contributed by atoms with Gasteiger partial charge in [-0.3, -0.25) is 9.69 Å². The van der Waals surface area contributed by atoms with Crippen molar-refractivity contribution in [3.05, 3.63) is 64.8 Å². The minimum atomic E-state index is -0.0122. The van der Waals surface area contributed by atoms with E-state index in [1.807, 2.05) is 57.3 Å². The van der Waals surface area contributed by atoms with Crippen LogP contribution in [0.1, 0.15) is 18.2 Å². The lowest BCUT2D eigenvalue weighted by molar-refractivity contribution is -0.122. The number of hydrogen-bond acceptors (Lipinski definition) is 4. The minimum Gasteiger partial charge on any atom is -0.350 e. The molecule has 0 spiro atoms. The third-order valence-corrected chi connectivity index (χ3v) is 5.51. The number of hydrogen-bond donors (Lipinski definition) is 0. The number of aromatic nitrogens is 2. The molecule has 6 heteroatoms. The van der Waals surface area contributed by atoms with E-state index < -0.39 is 0 Å². The van der Waals surface area contributed by atoms with E-state index in [1.165, 1.54) is 11.8 Å². The summed E-state index contributed by atoms with van der Waals surface area (Å²) in [5.41, 5.74) is 3.08. The predicted octanol–water partition coefficient (Wildman–Crippen LogP) is 4.51. The molecule has 2 aromatic heterocycles. The average molecular weight is 376 g/mol. The third kappa shape index (κ3) is 3.28. The van der Waals surface area contributed by atoms with Crippen molar-refractivity contribution in [2.45, 2.75) is 13.8 Å². The first-order valence-corrected chi connectivity index (χ1v) is 9.66. The standard InChI is InChI=1S/C21H20N4OS/c1-4-25-20(26)18(27-21(25)23-19-11-7-8-14(2)22-19)12-15-13-24(3)17-10-6-5-9-16(15)17/h5-13H,4H2,1-3H3/b18-12-,23-21+. The quantitative estimate of drug-likeness (QED) is 0.632. The summed E-state index contributed by atoms with van der Waals surface area (Å²) in [7, 11) is 2.02. The number of para-hydroxylation sites is 1. The molecule has 0 unspecified atom stereocenters. The molecule has 0 bridgehead atoms. The highest BCUT2D eigenvalue weighted by atomic mass is 32.2. The average Bonchev–Trinajstić information content (AvgIpc) is 3.13. The molecule has 3 heterocycles. The first-order valence-electron chi connectivity index (χ1n) is 8.84. The Bertz CT molecular complexity index is 1100. The van der Waals surface area contributed by atoms with Gasteiger partial charge in [-0.2, -0.15) is 0 Å².